The maximum Gasteiger partial charge on any atom is 0.335 e. The molecule has 20 heavy (non-hydrogen) atoms. The number of rotatable bonds is 2. The molecule has 2 aromatic carbocycles. The first kappa shape index (κ1) is 12.3. The Balaban J connectivity index is 2.22. The molecule has 0 radical (unpaired) electrons. The Bertz CT molecular complexity index is 824. The fourth-order valence-corrected chi connectivity index (χ4v) is 2.22. The topological polar surface area (TPSA) is 55.1 Å². The molecule has 0 unspecified atom stereocenters. The molecule has 1 aromatic heterocycles. The van der Waals surface area contributed by atoms with Gasteiger partial charge in [-0.25, -0.2) is 14.2 Å². The van der Waals surface area contributed by atoms with Crippen molar-refractivity contribution in [1.82, 2.24) is 9.55 Å². The predicted molar refractivity (Wildman–Crippen MR) is 73.1 cm³/mol. The standard InChI is InChI=1S/C15H11FN2O2/c1-18-13-6-5-10(15(19)20)8-12(13)17-14(18)9-3-2-4-11(16)7-9/h2-8H,1H3,(H,19,20). The van der Waals surface area contributed by atoms with E-state index in [1.807, 2.05) is 11.6 Å². The second-order valence-corrected chi connectivity index (χ2v) is 4.51. The summed E-state index contributed by atoms with van der Waals surface area (Å²) in [5, 5.41) is 8.99. The molecule has 3 rings (SSSR count). The van der Waals surface area contributed by atoms with E-state index in [9.17, 15) is 9.18 Å². The largest absolute Gasteiger partial charge is 0.478 e. The third kappa shape index (κ3) is 1.93. The smallest absolute Gasteiger partial charge is 0.335 e. The lowest BCUT2D eigenvalue weighted by molar-refractivity contribution is 0.0697. The average molecular weight is 270 g/mol. The molecular weight excluding hydrogens is 259 g/mol. The lowest BCUT2D eigenvalue weighted by Crippen LogP contribution is -1.95. The molecule has 0 amide bonds. The second-order valence-electron chi connectivity index (χ2n) is 4.51. The fraction of sp³-hybridized carbons (Fsp3) is 0.0667. The van der Waals surface area contributed by atoms with Crippen LogP contribution in [0.4, 0.5) is 4.39 Å². The van der Waals surface area contributed by atoms with Crippen molar-refractivity contribution >= 4 is 17.0 Å². The van der Waals surface area contributed by atoms with Gasteiger partial charge in [-0.1, -0.05) is 12.1 Å². The van der Waals surface area contributed by atoms with Crippen molar-refractivity contribution in [1.29, 1.82) is 0 Å². The number of nitrogens with zero attached hydrogens (tertiary/aromatic N) is 2. The van der Waals surface area contributed by atoms with E-state index in [0.29, 0.717) is 16.9 Å². The number of hydrogen-bond donors (Lipinski definition) is 1. The highest BCUT2D eigenvalue weighted by molar-refractivity contribution is 5.93. The SMILES string of the molecule is Cn1c(-c2cccc(F)c2)nc2cc(C(=O)O)ccc21. The highest BCUT2D eigenvalue weighted by Crippen LogP contribution is 2.24. The summed E-state index contributed by atoms with van der Waals surface area (Å²) in [5.74, 6) is -0.729. The normalized spacial score (nSPS) is 10.9. The Hall–Kier alpha value is -2.69. The number of aromatic carboxylic acids is 1. The molecule has 1 N–H and O–H groups in total. The second kappa shape index (κ2) is 4.45. The minimum Gasteiger partial charge on any atom is -0.478 e. The first-order chi connectivity index (χ1) is 9.56. The van der Waals surface area contributed by atoms with E-state index in [1.165, 1.54) is 24.3 Å². The molecule has 0 bridgehead atoms. The predicted octanol–water partition coefficient (Wildman–Crippen LogP) is 3.08. The Kier molecular flexibility index (Phi) is 2.75. The van der Waals surface area contributed by atoms with Crippen LogP contribution in [0.2, 0.25) is 0 Å². The van der Waals surface area contributed by atoms with Gasteiger partial charge in [0.05, 0.1) is 16.6 Å². The van der Waals surface area contributed by atoms with Crippen LogP contribution < -0.4 is 0 Å². The monoisotopic (exact) mass is 270 g/mol. The molecular formula is C15H11FN2O2. The zero-order chi connectivity index (χ0) is 14.3. The summed E-state index contributed by atoms with van der Waals surface area (Å²) in [6.45, 7) is 0. The number of halogens is 1. The quantitative estimate of drug-likeness (QED) is 0.778. The van der Waals surface area contributed by atoms with E-state index in [4.69, 9.17) is 5.11 Å². The van der Waals surface area contributed by atoms with Crippen molar-refractivity contribution in [3.8, 4) is 11.4 Å². The van der Waals surface area contributed by atoms with E-state index in [2.05, 4.69) is 4.98 Å². The number of imidazole rings is 1. The van der Waals surface area contributed by atoms with Crippen molar-refractivity contribution in [3.63, 3.8) is 0 Å². The molecule has 0 spiro atoms. The van der Waals surface area contributed by atoms with Gasteiger partial charge < -0.3 is 9.67 Å². The number of aromatic nitrogens is 2. The van der Waals surface area contributed by atoms with E-state index >= 15 is 0 Å². The van der Waals surface area contributed by atoms with Crippen LogP contribution in [0.5, 0.6) is 0 Å². The summed E-state index contributed by atoms with van der Waals surface area (Å²) in [6, 6.07) is 10.9. The van der Waals surface area contributed by atoms with E-state index < -0.39 is 5.97 Å². The Labute approximate surface area is 114 Å². The van der Waals surface area contributed by atoms with Gasteiger partial charge in [-0.3, -0.25) is 0 Å². The van der Waals surface area contributed by atoms with Gasteiger partial charge in [0, 0.05) is 12.6 Å². The Morgan fingerprint density at radius 2 is 2.05 bits per heavy atom. The van der Waals surface area contributed by atoms with Crippen molar-refractivity contribution in [2.24, 2.45) is 7.05 Å². The number of carboxylic acids is 1. The van der Waals surface area contributed by atoms with Crippen LogP contribution in [-0.4, -0.2) is 20.6 Å². The minimum absolute atomic E-state index is 0.182. The lowest BCUT2D eigenvalue weighted by Gasteiger charge is -2.02. The minimum atomic E-state index is -0.996. The molecule has 0 aliphatic rings. The van der Waals surface area contributed by atoms with Crippen LogP contribution in [0.1, 0.15) is 10.4 Å². The average Bonchev–Trinajstić information content (AvgIpc) is 2.75. The van der Waals surface area contributed by atoms with Crippen LogP contribution in [0.15, 0.2) is 42.5 Å². The maximum atomic E-state index is 13.3. The first-order valence-electron chi connectivity index (χ1n) is 6.02. The third-order valence-corrected chi connectivity index (χ3v) is 3.21. The van der Waals surface area contributed by atoms with Crippen LogP contribution in [0.3, 0.4) is 0 Å². The van der Waals surface area contributed by atoms with E-state index in [-0.39, 0.29) is 11.4 Å². The van der Waals surface area contributed by atoms with Gasteiger partial charge in [0.15, 0.2) is 0 Å². The van der Waals surface area contributed by atoms with Gasteiger partial charge in [0.25, 0.3) is 0 Å². The maximum absolute atomic E-state index is 13.3. The van der Waals surface area contributed by atoms with Crippen molar-refractivity contribution in [2.75, 3.05) is 0 Å². The van der Waals surface area contributed by atoms with Crippen LogP contribution in [0.25, 0.3) is 22.4 Å². The summed E-state index contributed by atoms with van der Waals surface area (Å²) < 4.78 is 15.1. The molecule has 5 heteroatoms. The highest BCUT2D eigenvalue weighted by atomic mass is 19.1. The lowest BCUT2D eigenvalue weighted by atomic mass is 10.2. The number of benzene rings is 2. The van der Waals surface area contributed by atoms with Crippen LogP contribution in [-0.2, 0) is 7.05 Å². The van der Waals surface area contributed by atoms with Crippen molar-refractivity contribution in [3.05, 3.63) is 53.8 Å². The Morgan fingerprint density at radius 1 is 1.25 bits per heavy atom. The van der Waals surface area contributed by atoms with Gasteiger partial charge in [-0.05, 0) is 30.3 Å². The zero-order valence-electron chi connectivity index (χ0n) is 10.7. The number of fused-ring (bicyclic) bond motifs is 1. The fourth-order valence-electron chi connectivity index (χ4n) is 2.22. The Morgan fingerprint density at radius 3 is 2.75 bits per heavy atom. The number of aryl methyl sites for hydroxylation is 1. The molecule has 0 saturated carbocycles. The summed E-state index contributed by atoms with van der Waals surface area (Å²) in [4.78, 5) is 15.4. The molecule has 0 saturated heterocycles. The molecule has 1 heterocycles. The summed E-state index contributed by atoms with van der Waals surface area (Å²) in [5.41, 5.74) is 2.21. The molecule has 4 nitrogen and oxygen atoms in total. The van der Waals surface area contributed by atoms with Gasteiger partial charge in [0.2, 0.25) is 0 Å². The van der Waals surface area contributed by atoms with Gasteiger partial charge >= 0.3 is 5.97 Å². The highest BCUT2D eigenvalue weighted by Gasteiger charge is 2.12. The number of hydrogen-bond acceptors (Lipinski definition) is 2. The van der Waals surface area contributed by atoms with E-state index in [0.717, 1.165) is 5.52 Å². The van der Waals surface area contributed by atoms with Gasteiger partial charge in [-0.15, -0.1) is 0 Å². The number of carbonyl (C=O) groups is 1. The first-order valence-corrected chi connectivity index (χ1v) is 6.02. The zero-order valence-corrected chi connectivity index (χ0v) is 10.7. The van der Waals surface area contributed by atoms with Gasteiger partial charge in [-0.2, -0.15) is 0 Å². The van der Waals surface area contributed by atoms with Gasteiger partial charge in [0.1, 0.15) is 11.6 Å². The molecule has 0 atom stereocenters. The number of carboxylic acid groups (broad SMARTS) is 1. The molecule has 100 valence electrons. The third-order valence-electron chi connectivity index (χ3n) is 3.21. The molecule has 3 aromatic rings. The van der Waals surface area contributed by atoms with Crippen LogP contribution >= 0.6 is 0 Å². The van der Waals surface area contributed by atoms with Crippen molar-refractivity contribution < 1.29 is 14.3 Å². The molecule has 0 aliphatic heterocycles. The van der Waals surface area contributed by atoms with E-state index in [1.54, 1.807) is 18.2 Å². The summed E-state index contributed by atoms with van der Waals surface area (Å²) in [7, 11) is 1.82. The summed E-state index contributed by atoms with van der Waals surface area (Å²) in [6.07, 6.45) is 0. The molecule has 0 fully saturated rings. The van der Waals surface area contributed by atoms with Crippen LogP contribution in [0, 0.1) is 5.82 Å². The van der Waals surface area contributed by atoms with Crippen molar-refractivity contribution in [2.45, 2.75) is 0 Å². The molecule has 0 aliphatic carbocycles. The summed E-state index contributed by atoms with van der Waals surface area (Å²) >= 11 is 0.